The van der Waals surface area contributed by atoms with Crippen molar-refractivity contribution in [3.8, 4) is 11.5 Å². The molecule has 0 heterocycles. The van der Waals surface area contributed by atoms with Gasteiger partial charge in [0.2, 0.25) is 5.91 Å². The average molecular weight is 362 g/mol. The molecule has 0 unspecified atom stereocenters. The molecule has 25 heavy (non-hydrogen) atoms. The van der Waals surface area contributed by atoms with E-state index in [1.807, 2.05) is 18.2 Å². The Kier molecular flexibility index (Phi) is 6.04. The van der Waals surface area contributed by atoms with Gasteiger partial charge in [0, 0.05) is 11.4 Å². The van der Waals surface area contributed by atoms with Crippen LogP contribution < -0.4 is 10.1 Å². The van der Waals surface area contributed by atoms with Crippen LogP contribution in [0.2, 0.25) is 5.02 Å². The third-order valence-electron chi connectivity index (χ3n) is 3.46. The first-order valence-corrected chi connectivity index (χ1v) is 8.17. The van der Waals surface area contributed by atoms with Crippen molar-refractivity contribution in [2.24, 2.45) is 5.41 Å². The van der Waals surface area contributed by atoms with Gasteiger partial charge in [-0.2, -0.15) is 0 Å². The Morgan fingerprint density at radius 3 is 2.44 bits per heavy atom. The summed E-state index contributed by atoms with van der Waals surface area (Å²) in [5.41, 5.74) is -0.220. The van der Waals surface area contributed by atoms with Gasteiger partial charge >= 0.3 is 5.97 Å². The molecular weight excluding hydrogens is 342 g/mol. The number of ether oxygens (including phenoxy) is 1. The Hall–Kier alpha value is -2.53. The third kappa shape index (κ3) is 6.12. The highest BCUT2D eigenvalue weighted by Gasteiger charge is 2.25. The molecule has 0 bridgehead atoms. The Bertz CT molecular complexity index is 759. The number of halogens is 1. The first kappa shape index (κ1) is 18.8. The van der Waals surface area contributed by atoms with Gasteiger partial charge in [-0.1, -0.05) is 43.6 Å². The molecule has 0 aliphatic rings. The summed E-state index contributed by atoms with van der Waals surface area (Å²) >= 11 is 6.02. The van der Waals surface area contributed by atoms with Crippen LogP contribution in [0.1, 0.15) is 26.7 Å². The van der Waals surface area contributed by atoms with Crippen molar-refractivity contribution in [3.63, 3.8) is 0 Å². The molecule has 2 aromatic rings. The van der Waals surface area contributed by atoms with E-state index in [4.69, 9.17) is 21.4 Å². The molecule has 0 atom stereocenters. The highest BCUT2D eigenvalue weighted by atomic mass is 35.5. The van der Waals surface area contributed by atoms with Gasteiger partial charge < -0.3 is 15.2 Å². The van der Waals surface area contributed by atoms with Crippen LogP contribution in [0.5, 0.6) is 11.5 Å². The Balaban J connectivity index is 2.14. The largest absolute Gasteiger partial charge is 0.481 e. The third-order valence-corrected chi connectivity index (χ3v) is 3.69. The van der Waals surface area contributed by atoms with Gasteiger partial charge in [-0.3, -0.25) is 9.59 Å². The number of rotatable bonds is 7. The quantitative estimate of drug-likeness (QED) is 0.730. The number of para-hydroxylation sites is 1. The average Bonchev–Trinajstić information content (AvgIpc) is 2.49. The van der Waals surface area contributed by atoms with Gasteiger partial charge in [0.15, 0.2) is 5.75 Å². The summed E-state index contributed by atoms with van der Waals surface area (Å²) < 4.78 is 5.79. The summed E-state index contributed by atoms with van der Waals surface area (Å²) in [5.74, 6) is -0.147. The van der Waals surface area contributed by atoms with Crippen LogP contribution in [0.3, 0.4) is 0 Å². The van der Waals surface area contributed by atoms with E-state index in [9.17, 15) is 9.59 Å². The summed E-state index contributed by atoms with van der Waals surface area (Å²) in [7, 11) is 0. The molecule has 2 N–H and O–H groups in total. The van der Waals surface area contributed by atoms with E-state index < -0.39 is 11.4 Å². The maximum Gasteiger partial charge on any atom is 0.303 e. The van der Waals surface area contributed by atoms with E-state index >= 15 is 0 Å². The molecule has 0 aliphatic carbocycles. The van der Waals surface area contributed by atoms with Crippen molar-refractivity contribution >= 4 is 29.2 Å². The molecule has 1 amide bonds. The van der Waals surface area contributed by atoms with Crippen molar-refractivity contribution < 1.29 is 19.4 Å². The molecule has 132 valence electrons. The molecule has 2 aromatic carbocycles. The van der Waals surface area contributed by atoms with Crippen LogP contribution in [0.15, 0.2) is 48.5 Å². The van der Waals surface area contributed by atoms with E-state index in [0.717, 1.165) is 0 Å². The summed E-state index contributed by atoms with van der Waals surface area (Å²) in [4.78, 5) is 23.2. The highest BCUT2D eigenvalue weighted by molar-refractivity contribution is 6.31. The van der Waals surface area contributed by atoms with Crippen LogP contribution in [0.25, 0.3) is 0 Å². The van der Waals surface area contributed by atoms with E-state index in [1.54, 1.807) is 44.2 Å². The molecule has 2 rings (SSSR count). The van der Waals surface area contributed by atoms with Crippen LogP contribution in [-0.4, -0.2) is 17.0 Å². The minimum absolute atomic E-state index is 0.0661. The fourth-order valence-electron chi connectivity index (χ4n) is 2.41. The summed E-state index contributed by atoms with van der Waals surface area (Å²) in [5, 5.41) is 12.1. The normalized spacial score (nSPS) is 11.0. The molecule has 5 nitrogen and oxygen atoms in total. The number of amides is 1. The number of anilines is 1. The summed E-state index contributed by atoms with van der Waals surface area (Å²) in [6.07, 6.45) is -0.0278. The maximum atomic E-state index is 12.3. The molecular formula is C19H20ClNO4. The Morgan fingerprint density at radius 2 is 1.80 bits per heavy atom. The second-order valence-corrected chi connectivity index (χ2v) is 6.95. The molecule has 0 spiro atoms. The van der Waals surface area contributed by atoms with Gasteiger partial charge in [0.25, 0.3) is 0 Å². The van der Waals surface area contributed by atoms with Gasteiger partial charge in [-0.25, -0.2) is 0 Å². The lowest BCUT2D eigenvalue weighted by Gasteiger charge is -2.22. The van der Waals surface area contributed by atoms with Crippen molar-refractivity contribution in [1.82, 2.24) is 0 Å². The fraction of sp³-hybridized carbons (Fsp3) is 0.263. The van der Waals surface area contributed by atoms with E-state index in [0.29, 0.717) is 22.2 Å². The van der Waals surface area contributed by atoms with Gasteiger partial charge in [0.1, 0.15) is 5.75 Å². The number of hydrogen-bond donors (Lipinski definition) is 2. The van der Waals surface area contributed by atoms with E-state index in [1.165, 1.54) is 0 Å². The highest BCUT2D eigenvalue weighted by Crippen LogP contribution is 2.33. The fourth-order valence-corrected chi connectivity index (χ4v) is 2.58. The van der Waals surface area contributed by atoms with Crippen LogP contribution >= 0.6 is 11.6 Å². The second-order valence-electron chi connectivity index (χ2n) is 6.52. The minimum Gasteiger partial charge on any atom is -0.481 e. The predicted octanol–water partition coefficient (Wildman–Crippen LogP) is 4.96. The second kappa shape index (κ2) is 8.03. The number of aliphatic carboxylic acids is 1. The smallest absolute Gasteiger partial charge is 0.303 e. The van der Waals surface area contributed by atoms with Crippen LogP contribution in [0, 0.1) is 5.41 Å². The van der Waals surface area contributed by atoms with Crippen molar-refractivity contribution in [2.75, 3.05) is 5.32 Å². The SMILES string of the molecule is CC(C)(CC(=O)O)CC(=O)Nc1cc(Cl)ccc1Oc1ccccc1. The van der Waals surface area contributed by atoms with Crippen molar-refractivity contribution in [1.29, 1.82) is 0 Å². The lowest BCUT2D eigenvalue weighted by Crippen LogP contribution is -2.25. The number of carboxylic acid groups (broad SMARTS) is 1. The van der Waals surface area contributed by atoms with Crippen LogP contribution in [-0.2, 0) is 9.59 Å². The number of benzene rings is 2. The standard InChI is InChI=1S/C19H20ClNO4/c1-19(2,12-18(23)24)11-17(22)21-15-10-13(20)8-9-16(15)25-14-6-4-3-5-7-14/h3-10H,11-12H2,1-2H3,(H,21,22)(H,23,24). The maximum absolute atomic E-state index is 12.3. The molecule has 0 saturated heterocycles. The predicted molar refractivity (Wildman–Crippen MR) is 97.2 cm³/mol. The minimum atomic E-state index is -0.936. The topological polar surface area (TPSA) is 75.6 Å². The van der Waals surface area contributed by atoms with Crippen LogP contribution in [0.4, 0.5) is 5.69 Å². The van der Waals surface area contributed by atoms with E-state index in [2.05, 4.69) is 5.32 Å². The number of hydrogen-bond acceptors (Lipinski definition) is 3. The zero-order valence-electron chi connectivity index (χ0n) is 14.1. The van der Waals surface area contributed by atoms with E-state index in [-0.39, 0.29) is 18.7 Å². The first-order chi connectivity index (χ1) is 11.7. The lowest BCUT2D eigenvalue weighted by atomic mass is 9.85. The van der Waals surface area contributed by atoms with Crippen molar-refractivity contribution in [3.05, 3.63) is 53.6 Å². The van der Waals surface area contributed by atoms with Gasteiger partial charge in [0.05, 0.1) is 12.1 Å². The van der Waals surface area contributed by atoms with Crippen molar-refractivity contribution in [2.45, 2.75) is 26.7 Å². The molecule has 6 heteroatoms. The molecule has 0 radical (unpaired) electrons. The zero-order chi connectivity index (χ0) is 18.4. The zero-order valence-corrected chi connectivity index (χ0v) is 14.8. The number of nitrogens with one attached hydrogen (secondary N) is 1. The van der Waals surface area contributed by atoms with Gasteiger partial charge in [-0.05, 0) is 35.7 Å². The molecule has 0 aliphatic heterocycles. The monoisotopic (exact) mass is 361 g/mol. The number of carboxylic acids is 1. The first-order valence-electron chi connectivity index (χ1n) is 7.79. The molecule has 0 saturated carbocycles. The number of carbonyl (C=O) groups excluding carboxylic acids is 1. The lowest BCUT2D eigenvalue weighted by molar-refractivity contribution is -0.139. The molecule has 0 aromatic heterocycles. The van der Waals surface area contributed by atoms with Gasteiger partial charge in [-0.15, -0.1) is 0 Å². The Labute approximate surface area is 151 Å². The summed E-state index contributed by atoms with van der Waals surface area (Å²) in [6, 6.07) is 14.1. The summed E-state index contributed by atoms with van der Waals surface area (Å²) in [6.45, 7) is 3.47. The number of carbonyl (C=O) groups is 2. The molecule has 0 fully saturated rings. The Morgan fingerprint density at radius 1 is 1.12 bits per heavy atom.